The van der Waals surface area contributed by atoms with Crippen molar-refractivity contribution < 1.29 is 4.79 Å². The molecule has 0 atom stereocenters. The van der Waals surface area contributed by atoms with Crippen molar-refractivity contribution in [2.45, 2.75) is 25.4 Å². The van der Waals surface area contributed by atoms with Crippen LogP contribution in [0.3, 0.4) is 0 Å². The van der Waals surface area contributed by atoms with Crippen LogP contribution in [0, 0.1) is 0 Å². The molecule has 142 valence electrons. The Kier molecular flexibility index (Phi) is 9.75. The number of piperidine rings is 1. The Bertz CT molecular complexity index is 501. The van der Waals surface area contributed by atoms with Crippen LogP contribution >= 0.6 is 24.8 Å². The van der Waals surface area contributed by atoms with Gasteiger partial charge in [-0.3, -0.25) is 14.6 Å². The minimum absolute atomic E-state index is 0. The second-order valence-corrected chi connectivity index (χ2v) is 6.76. The molecule has 0 bridgehead atoms. The normalized spacial score (nSPS) is 19.8. The molecule has 2 N–H and O–H groups in total. The van der Waals surface area contributed by atoms with Gasteiger partial charge in [0.2, 0.25) is 5.91 Å². The Morgan fingerprint density at radius 3 is 2.12 bits per heavy atom. The fraction of sp³-hybridized carbons (Fsp3) is 0.611. The van der Waals surface area contributed by atoms with Crippen LogP contribution in [0.25, 0.3) is 0 Å². The molecule has 0 aromatic heterocycles. The summed E-state index contributed by atoms with van der Waals surface area (Å²) in [5, 5.41) is 0. The van der Waals surface area contributed by atoms with E-state index in [1.807, 2.05) is 11.0 Å². The standard InChI is InChI=1S/C18H28N4O.2ClH/c19-17-6-8-20(9-7-17)15-18(23)22-12-10-21(11-13-22)14-16-4-2-1-3-5-16;;/h1-5,17H,6-15,19H2;2*1H. The number of amides is 1. The van der Waals surface area contributed by atoms with E-state index < -0.39 is 0 Å². The van der Waals surface area contributed by atoms with E-state index in [2.05, 4.69) is 34.1 Å². The van der Waals surface area contributed by atoms with Crippen molar-refractivity contribution in [3.63, 3.8) is 0 Å². The van der Waals surface area contributed by atoms with Crippen molar-refractivity contribution >= 4 is 30.7 Å². The first-order valence-corrected chi connectivity index (χ1v) is 8.73. The molecule has 0 spiro atoms. The Labute approximate surface area is 163 Å². The van der Waals surface area contributed by atoms with Gasteiger partial charge in [0.05, 0.1) is 6.54 Å². The van der Waals surface area contributed by atoms with E-state index in [-0.39, 0.29) is 30.7 Å². The predicted octanol–water partition coefficient (Wildman–Crippen LogP) is 1.60. The molecule has 0 unspecified atom stereocenters. The first-order valence-electron chi connectivity index (χ1n) is 8.73. The topological polar surface area (TPSA) is 52.8 Å². The average Bonchev–Trinajstić information content (AvgIpc) is 2.58. The van der Waals surface area contributed by atoms with Crippen LogP contribution in [0.2, 0.25) is 0 Å². The van der Waals surface area contributed by atoms with Gasteiger partial charge in [0.1, 0.15) is 0 Å². The average molecular weight is 389 g/mol. The van der Waals surface area contributed by atoms with Gasteiger partial charge in [0.15, 0.2) is 0 Å². The number of hydrogen-bond donors (Lipinski definition) is 1. The third-order valence-corrected chi connectivity index (χ3v) is 4.97. The smallest absolute Gasteiger partial charge is 0.236 e. The molecule has 1 amide bonds. The van der Waals surface area contributed by atoms with Gasteiger partial charge in [0.25, 0.3) is 0 Å². The number of piperazine rings is 1. The molecule has 2 aliphatic rings. The highest BCUT2D eigenvalue weighted by Gasteiger charge is 2.24. The lowest BCUT2D eigenvalue weighted by Crippen LogP contribution is -2.52. The van der Waals surface area contributed by atoms with Gasteiger partial charge in [-0.1, -0.05) is 30.3 Å². The molecule has 0 radical (unpaired) electrons. The maximum absolute atomic E-state index is 12.4. The van der Waals surface area contributed by atoms with E-state index in [0.717, 1.165) is 58.7 Å². The molecule has 0 saturated carbocycles. The fourth-order valence-electron chi connectivity index (χ4n) is 3.40. The summed E-state index contributed by atoms with van der Waals surface area (Å²) in [5.74, 6) is 0.278. The predicted molar refractivity (Wildman–Crippen MR) is 106 cm³/mol. The third kappa shape index (κ3) is 6.76. The molecule has 2 fully saturated rings. The van der Waals surface area contributed by atoms with Crippen LogP contribution in [0.4, 0.5) is 0 Å². The zero-order chi connectivity index (χ0) is 16.1. The summed E-state index contributed by atoms with van der Waals surface area (Å²) in [7, 11) is 0. The largest absolute Gasteiger partial charge is 0.339 e. The summed E-state index contributed by atoms with van der Waals surface area (Å²) in [5.41, 5.74) is 7.27. The Morgan fingerprint density at radius 2 is 1.52 bits per heavy atom. The molecular weight excluding hydrogens is 359 g/mol. The molecule has 25 heavy (non-hydrogen) atoms. The highest BCUT2D eigenvalue weighted by atomic mass is 35.5. The SMILES string of the molecule is Cl.Cl.NC1CCN(CC(=O)N2CCN(Cc3ccccc3)CC2)CC1. The van der Waals surface area contributed by atoms with Gasteiger partial charge >= 0.3 is 0 Å². The zero-order valence-electron chi connectivity index (χ0n) is 14.7. The summed E-state index contributed by atoms with van der Waals surface area (Å²) in [6.45, 7) is 7.08. The van der Waals surface area contributed by atoms with Crippen molar-refractivity contribution in [2.24, 2.45) is 5.73 Å². The molecule has 2 heterocycles. The summed E-state index contributed by atoms with van der Waals surface area (Å²) >= 11 is 0. The van der Waals surface area contributed by atoms with Crippen LogP contribution < -0.4 is 5.73 Å². The molecule has 1 aromatic carbocycles. The maximum Gasteiger partial charge on any atom is 0.236 e. The number of nitrogens with zero attached hydrogens (tertiary/aromatic N) is 3. The van der Waals surface area contributed by atoms with Crippen molar-refractivity contribution in [3.05, 3.63) is 35.9 Å². The van der Waals surface area contributed by atoms with Crippen LogP contribution in [-0.4, -0.2) is 72.5 Å². The first kappa shape index (κ1) is 22.2. The highest BCUT2D eigenvalue weighted by Crippen LogP contribution is 2.11. The highest BCUT2D eigenvalue weighted by molar-refractivity contribution is 5.85. The molecular formula is C18H30Cl2N4O. The molecule has 2 aliphatic heterocycles. The lowest BCUT2D eigenvalue weighted by atomic mass is 10.1. The van der Waals surface area contributed by atoms with Crippen molar-refractivity contribution in [2.75, 3.05) is 45.8 Å². The molecule has 5 nitrogen and oxygen atoms in total. The number of carbonyl (C=O) groups is 1. The van der Waals surface area contributed by atoms with Gasteiger partial charge in [0, 0.05) is 51.9 Å². The minimum atomic E-state index is 0. The number of carbonyl (C=O) groups excluding carboxylic acids is 1. The van der Waals surface area contributed by atoms with Crippen LogP contribution in [0.5, 0.6) is 0 Å². The number of rotatable bonds is 4. The lowest BCUT2D eigenvalue weighted by Gasteiger charge is -2.36. The molecule has 7 heteroatoms. The quantitative estimate of drug-likeness (QED) is 0.850. The number of likely N-dealkylation sites (tertiary alicyclic amines) is 1. The molecule has 3 rings (SSSR count). The number of hydrogen-bond acceptors (Lipinski definition) is 4. The van der Waals surface area contributed by atoms with Gasteiger partial charge in [-0.25, -0.2) is 0 Å². The van der Waals surface area contributed by atoms with Gasteiger partial charge < -0.3 is 10.6 Å². The summed E-state index contributed by atoms with van der Waals surface area (Å²) in [6.07, 6.45) is 2.02. The number of halogens is 2. The third-order valence-electron chi connectivity index (χ3n) is 4.97. The lowest BCUT2D eigenvalue weighted by molar-refractivity contribution is -0.134. The van der Waals surface area contributed by atoms with Crippen molar-refractivity contribution in [1.29, 1.82) is 0 Å². The zero-order valence-corrected chi connectivity index (χ0v) is 16.3. The Morgan fingerprint density at radius 1 is 0.920 bits per heavy atom. The summed E-state index contributed by atoms with van der Waals surface area (Å²) in [6, 6.07) is 10.9. The molecule has 0 aliphatic carbocycles. The maximum atomic E-state index is 12.4. The van der Waals surface area contributed by atoms with E-state index in [0.29, 0.717) is 12.6 Å². The van der Waals surface area contributed by atoms with Gasteiger partial charge in [-0.15, -0.1) is 24.8 Å². The fourth-order valence-corrected chi connectivity index (χ4v) is 3.40. The number of nitrogens with two attached hydrogens (primary N) is 1. The molecule has 1 aromatic rings. The Balaban J connectivity index is 0.00000156. The van der Waals surface area contributed by atoms with E-state index in [4.69, 9.17) is 5.73 Å². The number of benzene rings is 1. The van der Waals surface area contributed by atoms with Gasteiger partial charge in [-0.2, -0.15) is 0 Å². The van der Waals surface area contributed by atoms with E-state index >= 15 is 0 Å². The monoisotopic (exact) mass is 388 g/mol. The summed E-state index contributed by atoms with van der Waals surface area (Å²) < 4.78 is 0. The first-order chi connectivity index (χ1) is 11.2. The van der Waals surface area contributed by atoms with Gasteiger partial charge in [-0.05, 0) is 18.4 Å². The molecule has 2 saturated heterocycles. The van der Waals surface area contributed by atoms with E-state index in [1.54, 1.807) is 0 Å². The van der Waals surface area contributed by atoms with Crippen LogP contribution in [0.15, 0.2) is 30.3 Å². The van der Waals surface area contributed by atoms with Crippen LogP contribution in [-0.2, 0) is 11.3 Å². The second kappa shape index (κ2) is 11.0. The summed E-state index contributed by atoms with van der Waals surface area (Å²) in [4.78, 5) is 19.2. The van der Waals surface area contributed by atoms with Crippen molar-refractivity contribution in [1.82, 2.24) is 14.7 Å². The second-order valence-electron chi connectivity index (χ2n) is 6.76. The van der Waals surface area contributed by atoms with Crippen LogP contribution in [0.1, 0.15) is 18.4 Å². The van der Waals surface area contributed by atoms with E-state index in [1.165, 1.54) is 5.56 Å². The Hall–Kier alpha value is -0.850. The minimum Gasteiger partial charge on any atom is -0.339 e. The van der Waals surface area contributed by atoms with E-state index in [9.17, 15) is 4.79 Å². The van der Waals surface area contributed by atoms with Crippen molar-refractivity contribution in [3.8, 4) is 0 Å².